The van der Waals surface area contributed by atoms with Crippen molar-refractivity contribution >= 4 is 39.1 Å². The Bertz CT molecular complexity index is 1420. The van der Waals surface area contributed by atoms with Crippen LogP contribution in [0.4, 0.5) is 10.1 Å². The highest BCUT2D eigenvalue weighted by Gasteiger charge is 2.34. The van der Waals surface area contributed by atoms with Crippen molar-refractivity contribution in [1.82, 2.24) is 10.2 Å². The Hall–Kier alpha value is -3.63. The van der Waals surface area contributed by atoms with E-state index in [0.717, 1.165) is 4.31 Å². The van der Waals surface area contributed by atoms with E-state index in [9.17, 15) is 22.4 Å². The first-order valence-corrected chi connectivity index (χ1v) is 14.5. The number of nitrogens with one attached hydrogen (secondary N) is 1. The lowest BCUT2D eigenvalue weighted by molar-refractivity contribution is -0.140. The smallest absolute Gasteiger partial charge is 0.264 e. The topological polar surface area (TPSA) is 96.0 Å². The normalized spacial score (nSPS) is 12.1. The maximum absolute atomic E-state index is 14.0. The summed E-state index contributed by atoms with van der Waals surface area (Å²) in [4.78, 5) is 28.4. The van der Waals surface area contributed by atoms with Crippen LogP contribution in [0.2, 0.25) is 5.02 Å². The molecule has 3 aromatic carbocycles. The Morgan fingerprint density at radius 1 is 1.02 bits per heavy atom. The van der Waals surface area contributed by atoms with Gasteiger partial charge in [0.1, 0.15) is 24.2 Å². The van der Waals surface area contributed by atoms with Crippen LogP contribution in [-0.2, 0) is 26.2 Å². The molecule has 0 aliphatic rings. The number of carbonyl (C=O) groups is 2. The third-order valence-corrected chi connectivity index (χ3v) is 8.20. The van der Waals surface area contributed by atoms with Crippen LogP contribution in [0.1, 0.15) is 32.8 Å². The SMILES string of the molecule is CC[C@@H](C(=O)NC(C)C)N(Cc1ccc(F)cc1)C(=O)CN(c1ccc(OC)c(Cl)c1)S(=O)(=O)c1ccccc1. The zero-order valence-electron chi connectivity index (χ0n) is 22.8. The number of sulfonamides is 1. The minimum atomic E-state index is -4.23. The van der Waals surface area contributed by atoms with Gasteiger partial charge in [-0.3, -0.25) is 13.9 Å². The van der Waals surface area contributed by atoms with E-state index in [1.54, 1.807) is 39.0 Å². The summed E-state index contributed by atoms with van der Waals surface area (Å²) in [7, 11) is -2.80. The average Bonchev–Trinajstić information content (AvgIpc) is 2.92. The minimum absolute atomic E-state index is 0.0237. The molecule has 0 spiro atoms. The van der Waals surface area contributed by atoms with E-state index in [1.807, 2.05) is 0 Å². The molecular weight excluding hydrogens is 557 g/mol. The van der Waals surface area contributed by atoms with Crippen molar-refractivity contribution in [3.05, 3.63) is 89.2 Å². The fourth-order valence-corrected chi connectivity index (χ4v) is 5.82. The Kier molecular flexibility index (Phi) is 10.5. The maximum atomic E-state index is 14.0. The number of rotatable bonds is 12. The summed E-state index contributed by atoms with van der Waals surface area (Å²) < 4.78 is 47.4. The van der Waals surface area contributed by atoms with E-state index in [4.69, 9.17) is 16.3 Å². The fraction of sp³-hybridized carbons (Fsp3) is 0.310. The number of methoxy groups -OCH3 is 1. The molecule has 0 aliphatic carbocycles. The van der Waals surface area contributed by atoms with Gasteiger partial charge < -0.3 is 15.0 Å². The number of halogens is 2. The number of hydrogen-bond acceptors (Lipinski definition) is 5. The van der Waals surface area contributed by atoms with Gasteiger partial charge in [0.15, 0.2) is 0 Å². The highest BCUT2D eigenvalue weighted by molar-refractivity contribution is 7.92. The van der Waals surface area contributed by atoms with Gasteiger partial charge in [-0.05, 0) is 68.3 Å². The van der Waals surface area contributed by atoms with E-state index >= 15 is 0 Å². The zero-order valence-corrected chi connectivity index (χ0v) is 24.4. The van der Waals surface area contributed by atoms with Crippen LogP contribution in [0.25, 0.3) is 0 Å². The summed E-state index contributed by atoms with van der Waals surface area (Å²) in [6.07, 6.45) is 0.269. The highest BCUT2D eigenvalue weighted by atomic mass is 35.5. The molecule has 0 unspecified atom stereocenters. The molecule has 0 saturated carbocycles. The van der Waals surface area contributed by atoms with Crippen molar-refractivity contribution in [3.8, 4) is 5.75 Å². The van der Waals surface area contributed by atoms with Gasteiger partial charge in [0.2, 0.25) is 11.8 Å². The second kappa shape index (κ2) is 13.6. The summed E-state index contributed by atoms with van der Waals surface area (Å²) in [6.45, 7) is 4.71. The molecule has 2 amide bonds. The monoisotopic (exact) mass is 589 g/mol. The Labute approximate surface area is 239 Å². The van der Waals surface area contributed by atoms with Crippen LogP contribution in [0.15, 0.2) is 77.7 Å². The van der Waals surface area contributed by atoms with Crippen molar-refractivity contribution in [2.45, 2.75) is 50.7 Å². The maximum Gasteiger partial charge on any atom is 0.264 e. The molecule has 1 atom stereocenters. The van der Waals surface area contributed by atoms with Gasteiger partial charge in [-0.1, -0.05) is 48.9 Å². The molecule has 0 radical (unpaired) electrons. The summed E-state index contributed by atoms with van der Waals surface area (Å²) >= 11 is 6.33. The number of carbonyl (C=O) groups excluding carboxylic acids is 2. The van der Waals surface area contributed by atoms with Crippen molar-refractivity contribution in [3.63, 3.8) is 0 Å². The predicted molar refractivity (Wildman–Crippen MR) is 153 cm³/mol. The van der Waals surface area contributed by atoms with E-state index in [0.29, 0.717) is 11.3 Å². The predicted octanol–water partition coefficient (Wildman–Crippen LogP) is 5.02. The van der Waals surface area contributed by atoms with Gasteiger partial charge in [0.05, 0.1) is 22.7 Å². The molecule has 0 heterocycles. The van der Waals surface area contributed by atoms with Crippen molar-refractivity contribution in [1.29, 1.82) is 0 Å². The third kappa shape index (κ3) is 7.51. The summed E-state index contributed by atoms with van der Waals surface area (Å²) in [5.74, 6) is -1.11. The van der Waals surface area contributed by atoms with Gasteiger partial charge in [0, 0.05) is 12.6 Å². The van der Waals surface area contributed by atoms with Crippen molar-refractivity contribution in [2.24, 2.45) is 0 Å². The summed E-state index contributed by atoms with van der Waals surface area (Å²) in [5.41, 5.74) is 0.722. The molecule has 0 aromatic heterocycles. The second-order valence-electron chi connectivity index (χ2n) is 9.38. The second-order valence-corrected chi connectivity index (χ2v) is 11.6. The fourth-order valence-electron chi connectivity index (χ4n) is 4.15. The van der Waals surface area contributed by atoms with Crippen LogP contribution in [0.3, 0.4) is 0 Å². The van der Waals surface area contributed by atoms with Crippen LogP contribution >= 0.6 is 11.6 Å². The van der Waals surface area contributed by atoms with Gasteiger partial charge in [-0.15, -0.1) is 0 Å². The summed E-state index contributed by atoms with van der Waals surface area (Å²) in [6, 6.07) is 16.6. The number of hydrogen-bond donors (Lipinski definition) is 1. The molecule has 0 aliphatic heterocycles. The zero-order chi connectivity index (χ0) is 29.4. The number of anilines is 1. The molecule has 0 bridgehead atoms. The van der Waals surface area contributed by atoms with Crippen LogP contribution in [0.5, 0.6) is 5.75 Å². The number of amides is 2. The molecule has 214 valence electrons. The minimum Gasteiger partial charge on any atom is -0.495 e. The molecule has 3 rings (SSSR count). The quantitative estimate of drug-likeness (QED) is 0.320. The van der Waals surface area contributed by atoms with Crippen LogP contribution < -0.4 is 14.4 Å². The Morgan fingerprint density at radius 3 is 2.23 bits per heavy atom. The van der Waals surface area contributed by atoms with Crippen molar-refractivity contribution in [2.75, 3.05) is 18.0 Å². The summed E-state index contributed by atoms with van der Waals surface area (Å²) in [5, 5.41) is 2.99. The molecule has 1 N–H and O–H groups in total. The van der Waals surface area contributed by atoms with Crippen LogP contribution in [-0.4, -0.2) is 50.9 Å². The average molecular weight is 590 g/mol. The van der Waals surface area contributed by atoms with E-state index in [-0.39, 0.29) is 40.5 Å². The first kappa shape index (κ1) is 30.9. The molecular formula is C29H33ClFN3O5S. The van der Waals surface area contributed by atoms with Gasteiger partial charge in [-0.25, -0.2) is 12.8 Å². The Balaban J connectivity index is 2.08. The van der Waals surface area contributed by atoms with Crippen LogP contribution in [0, 0.1) is 5.82 Å². The molecule has 40 heavy (non-hydrogen) atoms. The third-order valence-electron chi connectivity index (χ3n) is 6.12. The number of benzene rings is 3. The first-order valence-electron chi connectivity index (χ1n) is 12.7. The van der Waals surface area contributed by atoms with Gasteiger partial charge in [-0.2, -0.15) is 0 Å². The molecule has 8 nitrogen and oxygen atoms in total. The van der Waals surface area contributed by atoms with Gasteiger partial charge >= 0.3 is 0 Å². The molecule has 0 saturated heterocycles. The van der Waals surface area contributed by atoms with Crippen molar-refractivity contribution < 1.29 is 27.1 Å². The Morgan fingerprint density at radius 2 is 1.68 bits per heavy atom. The lowest BCUT2D eigenvalue weighted by Crippen LogP contribution is -2.53. The molecule has 11 heteroatoms. The van der Waals surface area contributed by atoms with Gasteiger partial charge in [0.25, 0.3) is 10.0 Å². The highest BCUT2D eigenvalue weighted by Crippen LogP contribution is 2.32. The largest absolute Gasteiger partial charge is 0.495 e. The molecule has 3 aromatic rings. The number of ether oxygens (including phenoxy) is 1. The first-order chi connectivity index (χ1) is 19.0. The van der Waals surface area contributed by atoms with E-state index in [1.165, 1.54) is 66.6 Å². The lowest BCUT2D eigenvalue weighted by Gasteiger charge is -2.33. The standard InChI is InChI=1S/C29H33ClFN3O5S/c1-5-26(29(36)32-20(2)3)33(18-21-11-13-22(31)14-12-21)28(35)19-34(23-15-16-27(39-4)25(30)17-23)40(37,38)24-9-7-6-8-10-24/h6-17,20,26H,5,18-19H2,1-4H3,(H,32,36)/t26-/m0/s1. The van der Waals surface area contributed by atoms with E-state index < -0.39 is 34.3 Å². The van der Waals surface area contributed by atoms with E-state index in [2.05, 4.69) is 5.32 Å². The lowest BCUT2D eigenvalue weighted by atomic mass is 10.1. The molecule has 0 fully saturated rings. The number of nitrogens with zero attached hydrogens (tertiary/aromatic N) is 2.